The van der Waals surface area contributed by atoms with Gasteiger partial charge in [0.25, 0.3) is 5.78 Å². The number of benzene rings is 4. The number of Topliss-reactive ketones (excluding diaryl/α,β-unsaturated/α-hetero) is 1. The molecule has 0 aliphatic carbocycles. The van der Waals surface area contributed by atoms with E-state index in [2.05, 4.69) is 4.42 Å². The number of hydrogen-bond acceptors (Lipinski definition) is 7. The number of halogens is 6. The lowest BCUT2D eigenvalue weighted by molar-refractivity contribution is -0.265. The third-order valence-corrected chi connectivity index (χ3v) is 6.98. The predicted octanol–water partition coefficient (Wildman–Crippen LogP) is 6.63. The van der Waals surface area contributed by atoms with Crippen LogP contribution in [0, 0.1) is 0 Å². The van der Waals surface area contributed by atoms with E-state index in [1.807, 2.05) is 0 Å². The summed E-state index contributed by atoms with van der Waals surface area (Å²) in [5.74, 6) is -3.43. The molecule has 47 heavy (non-hydrogen) atoms. The number of aryl methyl sites for hydroxylation is 1. The Morgan fingerprint density at radius 1 is 0.702 bits per heavy atom. The van der Waals surface area contributed by atoms with Crippen LogP contribution in [0.25, 0.3) is 10.9 Å². The third-order valence-electron chi connectivity index (χ3n) is 6.98. The first-order valence-corrected chi connectivity index (χ1v) is 13.5. The largest absolute Gasteiger partial charge is 0.454 e. The van der Waals surface area contributed by atoms with Crippen LogP contribution in [-0.2, 0) is 17.5 Å². The second kappa shape index (κ2) is 13.4. The first kappa shape index (κ1) is 34.2. The van der Waals surface area contributed by atoms with Crippen LogP contribution in [0.2, 0.25) is 0 Å². The molecule has 4 aromatic carbocycles. The number of hydrogen-bond donors (Lipinski definition) is 0. The highest BCUT2D eigenvalue weighted by molar-refractivity contribution is 6.00. The van der Waals surface area contributed by atoms with Gasteiger partial charge in [0, 0.05) is 25.2 Å². The molecule has 0 saturated heterocycles. The van der Waals surface area contributed by atoms with Crippen molar-refractivity contribution in [2.45, 2.75) is 18.1 Å². The molecule has 0 unspecified atom stereocenters. The van der Waals surface area contributed by atoms with Gasteiger partial charge in [0.15, 0.2) is 0 Å². The normalized spacial score (nSPS) is 15.7. The van der Waals surface area contributed by atoms with Crippen molar-refractivity contribution in [3.63, 3.8) is 0 Å². The van der Waals surface area contributed by atoms with Crippen molar-refractivity contribution >= 4 is 28.3 Å². The molecule has 0 N–H and O–H groups in total. The lowest BCUT2D eigenvalue weighted by Gasteiger charge is -2.46. The number of esters is 1. The Bertz CT molecular complexity index is 2010. The number of carbonyl (C=O) groups excluding carboxylic acids is 2. The van der Waals surface area contributed by atoms with E-state index in [0.717, 1.165) is 17.0 Å². The van der Waals surface area contributed by atoms with Gasteiger partial charge in [-0.15, -0.1) is 0 Å². The van der Waals surface area contributed by atoms with E-state index in [-0.39, 0.29) is 22.4 Å². The predicted molar refractivity (Wildman–Crippen MR) is 159 cm³/mol. The fraction of sp³-hybridized carbons (Fsp3) is 0.152. The standard InChI is InChI=1S/C16H12F3NO2.C9H7NO3.C8H5F3O/c1-20-13-10-6-5-9-12(13)14(21)22-15(20,16(17,18)19)11-7-3-2-4-8-11;1-10-7-5-3-2-4-6(7)8(11)13-9(10)12;9-8(10,11)7(12)6-4-2-1-3-5-6/h2-10H,1H3;2-5H,1H3;1-5H/t15-;;/m0../s1. The minimum atomic E-state index is -4.80. The van der Waals surface area contributed by atoms with Crippen molar-refractivity contribution in [2.24, 2.45) is 7.05 Å². The summed E-state index contributed by atoms with van der Waals surface area (Å²) >= 11 is 0. The zero-order valence-corrected chi connectivity index (χ0v) is 24.5. The van der Waals surface area contributed by atoms with Gasteiger partial charge in [-0.1, -0.05) is 84.9 Å². The summed E-state index contributed by atoms with van der Waals surface area (Å²) < 4.78 is 87.7. The summed E-state index contributed by atoms with van der Waals surface area (Å²) in [6.07, 6.45) is -9.58. The summed E-state index contributed by atoms with van der Waals surface area (Å²) in [6, 6.07) is 26.6. The van der Waals surface area contributed by atoms with Crippen LogP contribution in [0.3, 0.4) is 0 Å². The number of rotatable bonds is 2. The maximum atomic E-state index is 13.9. The highest BCUT2D eigenvalue weighted by Crippen LogP contribution is 2.49. The summed E-state index contributed by atoms with van der Waals surface area (Å²) in [5.41, 5.74) is -3.01. The van der Waals surface area contributed by atoms with E-state index in [1.54, 1.807) is 55.6 Å². The molecule has 5 aromatic rings. The molecule has 6 rings (SSSR count). The van der Waals surface area contributed by atoms with Crippen molar-refractivity contribution in [2.75, 3.05) is 11.9 Å². The van der Waals surface area contributed by atoms with Crippen molar-refractivity contribution < 1.29 is 45.1 Å². The molecule has 8 nitrogen and oxygen atoms in total. The second-order valence-electron chi connectivity index (χ2n) is 9.90. The summed E-state index contributed by atoms with van der Waals surface area (Å²) in [4.78, 5) is 45.8. The fourth-order valence-corrected chi connectivity index (χ4v) is 4.69. The number of ketones is 1. The molecule has 0 saturated carbocycles. The van der Waals surface area contributed by atoms with Crippen LogP contribution in [0.4, 0.5) is 32.0 Å². The molecule has 0 amide bonds. The van der Waals surface area contributed by atoms with Crippen molar-refractivity contribution in [1.29, 1.82) is 0 Å². The Kier molecular flexibility index (Phi) is 9.73. The highest BCUT2D eigenvalue weighted by Gasteiger charge is 2.65. The monoisotopic (exact) mass is 658 g/mol. The molecule has 1 aliphatic heterocycles. The topological polar surface area (TPSA) is 98.8 Å². The van der Waals surface area contributed by atoms with Crippen molar-refractivity contribution in [3.8, 4) is 0 Å². The number of aromatic nitrogens is 1. The van der Waals surface area contributed by atoms with E-state index >= 15 is 0 Å². The average Bonchev–Trinajstić information content (AvgIpc) is 3.05. The van der Waals surface area contributed by atoms with Gasteiger partial charge in [-0.3, -0.25) is 9.36 Å². The Morgan fingerprint density at radius 3 is 1.83 bits per heavy atom. The van der Waals surface area contributed by atoms with Crippen LogP contribution in [0.5, 0.6) is 0 Å². The first-order chi connectivity index (χ1) is 22.1. The molecule has 0 fully saturated rings. The zero-order valence-electron chi connectivity index (χ0n) is 24.5. The number of fused-ring (bicyclic) bond motifs is 2. The Balaban J connectivity index is 0.000000171. The molecule has 0 bridgehead atoms. The summed E-state index contributed by atoms with van der Waals surface area (Å²) in [7, 11) is 2.83. The zero-order chi connectivity index (χ0) is 34.6. The third kappa shape index (κ3) is 6.95. The van der Waals surface area contributed by atoms with E-state index in [9.17, 15) is 45.5 Å². The van der Waals surface area contributed by atoms with E-state index in [0.29, 0.717) is 10.9 Å². The lowest BCUT2D eigenvalue weighted by Crippen LogP contribution is -2.60. The number of para-hydroxylation sites is 2. The smallest absolute Gasteiger partial charge is 0.421 e. The number of cyclic esters (lactones) is 1. The van der Waals surface area contributed by atoms with E-state index in [4.69, 9.17) is 4.74 Å². The first-order valence-electron chi connectivity index (χ1n) is 13.5. The maximum absolute atomic E-state index is 13.9. The van der Waals surface area contributed by atoms with Gasteiger partial charge in [0.2, 0.25) is 0 Å². The van der Waals surface area contributed by atoms with E-state index in [1.165, 1.54) is 60.1 Å². The fourth-order valence-electron chi connectivity index (χ4n) is 4.69. The lowest BCUT2D eigenvalue weighted by atomic mass is 9.96. The number of alkyl halides is 6. The molecule has 14 heteroatoms. The molecular formula is C33H24F6N2O6. The molecule has 1 atom stereocenters. The van der Waals surface area contributed by atoms with Gasteiger partial charge < -0.3 is 14.1 Å². The highest BCUT2D eigenvalue weighted by atomic mass is 19.4. The SMILES string of the molecule is CN1c2ccccc2C(=O)O[C@@]1(c1ccccc1)C(F)(F)F.Cn1c(=O)oc(=O)c2ccccc21.O=C(c1ccccc1)C(F)(F)F. The van der Waals surface area contributed by atoms with Crippen LogP contribution in [-0.4, -0.2) is 35.7 Å². The minimum absolute atomic E-state index is 0.112. The van der Waals surface area contributed by atoms with Gasteiger partial charge in [-0.2, -0.15) is 26.3 Å². The van der Waals surface area contributed by atoms with Crippen LogP contribution in [0.1, 0.15) is 26.3 Å². The van der Waals surface area contributed by atoms with Crippen LogP contribution < -0.4 is 16.3 Å². The Morgan fingerprint density at radius 2 is 1.23 bits per heavy atom. The van der Waals surface area contributed by atoms with Gasteiger partial charge >= 0.3 is 35.4 Å². The van der Waals surface area contributed by atoms with Gasteiger partial charge in [-0.25, -0.2) is 14.4 Å². The average molecular weight is 659 g/mol. The van der Waals surface area contributed by atoms with Crippen molar-refractivity contribution in [1.82, 2.24) is 4.57 Å². The Labute approximate surface area is 262 Å². The number of anilines is 1. The molecule has 1 aliphatic rings. The second-order valence-corrected chi connectivity index (χ2v) is 9.90. The minimum Gasteiger partial charge on any atom is -0.421 e. The number of nitrogens with zero attached hydrogens (tertiary/aromatic N) is 2. The van der Waals surface area contributed by atoms with Gasteiger partial charge in [-0.05, 0) is 24.3 Å². The quantitative estimate of drug-likeness (QED) is 0.119. The van der Waals surface area contributed by atoms with Crippen LogP contribution in [0.15, 0.2) is 123 Å². The van der Waals surface area contributed by atoms with Gasteiger partial charge in [0.1, 0.15) is 0 Å². The molecule has 0 radical (unpaired) electrons. The maximum Gasteiger partial charge on any atom is 0.454 e. The molecule has 2 heterocycles. The van der Waals surface area contributed by atoms with Gasteiger partial charge in [0.05, 0.1) is 22.2 Å². The van der Waals surface area contributed by atoms with E-state index < -0.39 is 41.2 Å². The number of ether oxygens (including phenoxy) is 1. The van der Waals surface area contributed by atoms with Crippen LogP contribution >= 0.6 is 0 Å². The Hall–Kier alpha value is -5.66. The molecule has 1 aromatic heterocycles. The summed E-state index contributed by atoms with van der Waals surface area (Å²) in [6.45, 7) is 0. The molecular weight excluding hydrogens is 634 g/mol. The molecule has 244 valence electrons. The molecule has 0 spiro atoms. The van der Waals surface area contributed by atoms with Crippen molar-refractivity contribution in [3.05, 3.63) is 147 Å². The summed E-state index contributed by atoms with van der Waals surface area (Å²) in [5, 5.41) is 0.421. The number of carbonyl (C=O) groups is 2.